The fraction of sp³-hybridized carbons (Fsp3) is 0.138. The maximum absolute atomic E-state index is 13.6. The van der Waals surface area contributed by atoms with Gasteiger partial charge in [0, 0.05) is 45.3 Å². The average molecular weight is 527 g/mol. The third kappa shape index (κ3) is 4.04. The zero-order valence-corrected chi connectivity index (χ0v) is 21.0. The van der Waals surface area contributed by atoms with Crippen LogP contribution < -0.4 is 4.90 Å². The smallest absolute Gasteiger partial charge is 0.261 e. The van der Waals surface area contributed by atoms with Crippen LogP contribution in [-0.4, -0.2) is 35.7 Å². The quantitative estimate of drug-likeness (QED) is 0.292. The molecule has 0 N–H and O–H groups in total. The summed E-state index contributed by atoms with van der Waals surface area (Å²) in [5, 5.41) is 1.50. The zero-order chi connectivity index (χ0) is 24.7. The molecule has 0 unspecified atom stereocenters. The summed E-state index contributed by atoms with van der Waals surface area (Å²) in [6.45, 7) is 4.14. The van der Waals surface area contributed by atoms with Gasteiger partial charge in [-0.15, -0.1) is 0 Å². The predicted octanol–water partition coefficient (Wildman–Crippen LogP) is 6.16. The van der Waals surface area contributed by atoms with E-state index in [2.05, 4.69) is 15.9 Å². The van der Waals surface area contributed by atoms with Gasteiger partial charge in [-0.25, -0.2) is 0 Å². The Hall–Kier alpha value is -3.77. The van der Waals surface area contributed by atoms with Crippen LogP contribution in [0, 0.1) is 13.8 Å². The number of aryl methyl sites for hydroxylation is 2. The molecule has 1 aliphatic rings. The monoisotopic (exact) mass is 526 g/mol. The molecular formula is C29H23BrN2O3. The zero-order valence-electron chi connectivity index (χ0n) is 19.4. The maximum Gasteiger partial charge on any atom is 0.261 e. The van der Waals surface area contributed by atoms with E-state index in [1.807, 2.05) is 74.5 Å². The average Bonchev–Trinajstić information content (AvgIpc) is 2.86. The molecule has 3 amide bonds. The predicted molar refractivity (Wildman–Crippen MR) is 141 cm³/mol. The molecule has 4 aromatic carbocycles. The Bertz CT molecular complexity index is 1470. The standard InChI is InChI=1S/C29H23BrN2O3/c1-18-10-12-20(13-11-18)31(27(33)21-7-4-3-6-19(21)2)16-17-32-28(34)23-9-5-8-22-25(30)15-14-24(26(22)23)29(32)35/h3-15H,16-17H2,1-2H3. The molecule has 0 bridgehead atoms. The number of halogens is 1. The van der Waals surface area contributed by atoms with Crippen molar-refractivity contribution < 1.29 is 14.4 Å². The molecule has 5 nitrogen and oxygen atoms in total. The van der Waals surface area contributed by atoms with Gasteiger partial charge in [0.15, 0.2) is 0 Å². The molecule has 0 fully saturated rings. The third-order valence-electron chi connectivity index (χ3n) is 6.45. The first-order valence-electron chi connectivity index (χ1n) is 11.4. The van der Waals surface area contributed by atoms with Gasteiger partial charge >= 0.3 is 0 Å². The van der Waals surface area contributed by atoms with E-state index in [1.165, 1.54) is 4.90 Å². The van der Waals surface area contributed by atoms with Crippen LogP contribution in [0.2, 0.25) is 0 Å². The summed E-state index contributed by atoms with van der Waals surface area (Å²) in [5.74, 6) is -0.868. The second-order valence-electron chi connectivity index (χ2n) is 8.69. The van der Waals surface area contributed by atoms with Gasteiger partial charge in [0.2, 0.25) is 0 Å². The molecule has 1 aliphatic heterocycles. The van der Waals surface area contributed by atoms with Gasteiger partial charge < -0.3 is 4.90 Å². The fourth-order valence-corrected chi connectivity index (χ4v) is 5.01. The number of hydrogen-bond acceptors (Lipinski definition) is 3. The third-order valence-corrected chi connectivity index (χ3v) is 7.14. The molecule has 0 atom stereocenters. The summed E-state index contributed by atoms with van der Waals surface area (Å²) in [5.41, 5.74) is 4.23. The second kappa shape index (κ2) is 9.12. The van der Waals surface area contributed by atoms with Crippen molar-refractivity contribution in [1.82, 2.24) is 4.90 Å². The lowest BCUT2D eigenvalue weighted by atomic mass is 9.94. The Morgan fingerprint density at radius 2 is 1.51 bits per heavy atom. The molecule has 0 radical (unpaired) electrons. The number of amides is 3. The van der Waals surface area contributed by atoms with Crippen molar-refractivity contribution in [2.75, 3.05) is 18.0 Å². The number of hydrogen-bond donors (Lipinski definition) is 0. The molecule has 5 rings (SSSR count). The highest BCUT2D eigenvalue weighted by Gasteiger charge is 2.34. The van der Waals surface area contributed by atoms with Crippen molar-refractivity contribution in [3.8, 4) is 0 Å². The Balaban J connectivity index is 1.49. The van der Waals surface area contributed by atoms with Crippen LogP contribution in [0.25, 0.3) is 10.8 Å². The van der Waals surface area contributed by atoms with E-state index in [0.717, 1.165) is 21.0 Å². The van der Waals surface area contributed by atoms with Gasteiger partial charge in [-0.3, -0.25) is 19.3 Å². The van der Waals surface area contributed by atoms with Crippen LogP contribution in [0.15, 0.2) is 83.3 Å². The van der Waals surface area contributed by atoms with E-state index in [-0.39, 0.29) is 30.8 Å². The number of carbonyl (C=O) groups is 3. The van der Waals surface area contributed by atoms with Gasteiger partial charge in [-0.2, -0.15) is 0 Å². The number of benzene rings is 4. The van der Waals surface area contributed by atoms with Gasteiger partial charge in [0.25, 0.3) is 17.7 Å². The summed E-state index contributed by atoms with van der Waals surface area (Å²) in [6.07, 6.45) is 0. The number of imide groups is 1. The van der Waals surface area contributed by atoms with Crippen LogP contribution in [0.4, 0.5) is 5.69 Å². The van der Waals surface area contributed by atoms with Crippen LogP contribution in [0.3, 0.4) is 0 Å². The summed E-state index contributed by atoms with van der Waals surface area (Å²) < 4.78 is 0.835. The summed E-state index contributed by atoms with van der Waals surface area (Å²) >= 11 is 3.52. The SMILES string of the molecule is Cc1ccc(N(CCN2C(=O)c3cccc4c(Br)ccc(c34)C2=O)C(=O)c2ccccc2C)cc1. The van der Waals surface area contributed by atoms with Crippen molar-refractivity contribution in [3.05, 3.63) is 111 Å². The largest absolute Gasteiger partial charge is 0.307 e. The van der Waals surface area contributed by atoms with E-state index in [0.29, 0.717) is 27.8 Å². The molecule has 0 aliphatic carbocycles. The first-order valence-corrected chi connectivity index (χ1v) is 12.2. The van der Waals surface area contributed by atoms with Gasteiger partial charge in [0.1, 0.15) is 0 Å². The van der Waals surface area contributed by atoms with E-state index < -0.39 is 0 Å². The van der Waals surface area contributed by atoms with Crippen LogP contribution in [0.1, 0.15) is 42.2 Å². The van der Waals surface area contributed by atoms with Crippen molar-refractivity contribution >= 4 is 50.1 Å². The Kier molecular flexibility index (Phi) is 5.99. The minimum atomic E-state index is -0.349. The highest BCUT2D eigenvalue weighted by Crippen LogP contribution is 2.34. The summed E-state index contributed by atoms with van der Waals surface area (Å²) in [4.78, 5) is 43.3. The molecule has 0 saturated carbocycles. The Morgan fingerprint density at radius 3 is 2.23 bits per heavy atom. The van der Waals surface area contributed by atoms with Gasteiger partial charge in [-0.1, -0.05) is 64.0 Å². The normalized spacial score (nSPS) is 12.8. The number of carbonyl (C=O) groups excluding carboxylic acids is 3. The number of nitrogens with zero attached hydrogens (tertiary/aromatic N) is 2. The minimum Gasteiger partial charge on any atom is -0.307 e. The molecule has 1 heterocycles. The Morgan fingerprint density at radius 1 is 0.829 bits per heavy atom. The van der Waals surface area contributed by atoms with E-state index in [4.69, 9.17) is 0 Å². The molecular weight excluding hydrogens is 504 g/mol. The van der Waals surface area contributed by atoms with Crippen molar-refractivity contribution in [2.45, 2.75) is 13.8 Å². The lowest BCUT2D eigenvalue weighted by Gasteiger charge is -2.30. The fourth-order valence-electron chi connectivity index (χ4n) is 4.54. The molecule has 6 heteroatoms. The van der Waals surface area contributed by atoms with Crippen molar-refractivity contribution in [1.29, 1.82) is 0 Å². The van der Waals surface area contributed by atoms with Gasteiger partial charge in [0.05, 0.1) is 0 Å². The molecule has 174 valence electrons. The summed E-state index contributed by atoms with van der Waals surface area (Å²) in [7, 11) is 0. The maximum atomic E-state index is 13.6. The van der Waals surface area contributed by atoms with Gasteiger partial charge in [-0.05, 0) is 61.2 Å². The number of anilines is 1. The number of rotatable bonds is 5. The molecule has 4 aromatic rings. The van der Waals surface area contributed by atoms with E-state index in [9.17, 15) is 14.4 Å². The Labute approximate surface area is 212 Å². The minimum absolute atomic E-state index is 0.0784. The topological polar surface area (TPSA) is 57.7 Å². The lowest BCUT2D eigenvalue weighted by Crippen LogP contribution is -2.46. The van der Waals surface area contributed by atoms with Crippen LogP contribution in [-0.2, 0) is 0 Å². The molecule has 0 spiro atoms. The molecule has 0 aromatic heterocycles. The second-order valence-corrected chi connectivity index (χ2v) is 9.55. The first-order chi connectivity index (χ1) is 16.9. The van der Waals surface area contributed by atoms with Crippen molar-refractivity contribution in [3.63, 3.8) is 0 Å². The van der Waals surface area contributed by atoms with E-state index >= 15 is 0 Å². The molecule has 35 heavy (non-hydrogen) atoms. The van der Waals surface area contributed by atoms with Crippen LogP contribution >= 0.6 is 15.9 Å². The van der Waals surface area contributed by atoms with E-state index in [1.54, 1.807) is 23.1 Å². The lowest BCUT2D eigenvalue weighted by molar-refractivity contribution is 0.0611. The summed E-state index contributed by atoms with van der Waals surface area (Å²) in [6, 6.07) is 24.1. The first kappa shape index (κ1) is 23.0. The van der Waals surface area contributed by atoms with Crippen LogP contribution in [0.5, 0.6) is 0 Å². The molecule has 0 saturated heterocycles. The highest BCUT2D eigenvalue weighted by molar-refractivity contribution is 9.10. The highest BCUT2D eigenvalue weighted by atomic mass is 79.9. The van der Waals surface area contributed by atoms with Crippen molar-refractivity contribution in [2.24, 2.45) is 0 Å².